The second kappa shape index (κ2) is 7.14. The van der Waals surface area contributed by atoms with E-state index in [1.165, 1.54) is 0 Å². The van der Waals surface area contributed by atoms with Crippen LogP contribution in [0, 0.1) is 0 Å². The van der Waals surface area contributed by atoms with Gasteiger partial charge in [0.05, 0.1) is 13.1 Å². The molecule has 1 fully saturated rings. The number of aromatic amines is 1. The zero-order valence-corrected chi connectivity index (χ0v) is 15.6. The third-order valence-corrected chi connectivity index (χ3v) is 5.16. The molecule has 0 saturated carbocycles. The van der Waals surface area contributed by atoms with Gasteiger partial charge < -0.3 is 24.8 Å². The van der Waals surface area contributed by atoms with Crippen molar-refractivity contribution in [3.63, 3.8) is 0 Å². The van der Waals surface area contributed by atoms with Crippen LogP contribution in [0.1, 0.15) is 33.8 Å². The van der Waals surface area contributed by atoms with E-state index in [0.717, 1.165) is 11.1 Å². The molecule has 0 aliphatic carbocycles. The van der Waals surface area contributed by atoms with Crippen LogP contribution in [-0.4, -0.2) is 40.9 Å². The molecule has 0 spiro atoms. The molecule has 0 radical (unpaired) electrons. The number of carbonyl (C=O) groups is 1. The van der Waals surface area contributed by atoms with Crippen LogP contribution in [0.3, 0.4) is 0 Å². The van der Waals surface area contributed by atoms with E-state index in [9.17, 15) is 4.79 Å². The molecule has 2 aliphatic rings. The Kier molecular flexibility index (Phi) is 4.33. The van der Waals surface area contributed by atoms with Crippen molar-refractivity contribution in [1.82, 2.24) is 15.1 Å². The van der Waals surface area contributed by atoms with Gasteiger partial charge in [-0.2, -0.15) is 5.10 Å². The fraction of sp³-hybridized carbons (Fsp3) is 0.238. The van der Waals surface area contributed by atoms with Crippen molar-refractivity contribution in [2.45, 2.75) is 12.2 Å². The summed E-state index contributed by atoms with van der Waals surface area (Å²) in [5, 5.41) is 6.57. The van der Waals surface area contributed by atoms with Gasteiger partial charge in [0.15, 0.2) is 11.5 Å². The number of benzene rings is 2. The van der Waals surface area contributed by atoms with Crippen molar-refractivity contribution in [3.8, 4) is 11.5 Å². The summed E-state index contributed by atoms with van der Waals surface area (Å²) in [6, 6.07) is 17.2. The Bertz CT molecular complexity index is 1040. The summed E-state index contributed by atoms with van der Waals surface area (Å²) in [5.74, 6) is 1.52. The largest absolute Gasteiger partial charge is 0.454 e. The van der Waals surface area contributed by atoms with Crippen LogP contribution in [0.25, 0.3) is 0 Å². The van der Waals surface area contributed by atoms with Gasteiger partial charge in [-0.25, -0.2) is 0 Å². The smallest absolute Gasteiger partial charge is 0.272 e. The molecule has 3 N–H and O–H groups in total. The number of anilines is 1. The molecule has 2 aromatic carbocycles. The third-order valence-electron chi connectivity index (χ3n) is 5.16. The summed E-state index contributed by atoms with van der Waals surface area (Å²) in [4.78, 5) is 14.8. The highest BCUT2D eigenvalue weighted by Crippen LogP contribution is 2.38. The number of H-pyrrole nitrogens is 1. The maximum atomic E-state index is 13.1. The second-order valence-electron chi connectivity index (χ2n) is 7.05. The first-order valence-electron chi connectivity index (χ1n) is 9.37. The molecule has 5 rings (SSSR count). The number of carbonyl (C=O) groups excluding carboxylic acids is 1. The van der Waals surface area contributed by atoms with Crippen LogP contribution in [0.15, 0.2) is 54.6 Å². The zero-order chi connectivity index (χ0) is 19.8. The summed E-state index contributed by atoms with van der Waals surface area (Å²) in [5.41, 5.74) is 7.97. The normalized spacial score (nSPS) is 20.6. The lowest BCUT2D eigenvalue weighted by Gasteiger charge is -2.38. The summed E-state index contributed by atoms with van der Waals surface area (Å²) in [6.45, 7) is 1.05. The summed E-state index contributed by atoms with van der Waals surface area (Å²) in [6.07, 6.45) is -0.572. The van der Waals surface area contributed by atoms with E-state index in [4.69, 9.17) is 19.9 Å². The lowest BCUT2D eigenvalue weighted by molar-refractivity contribution is -0.0798. The maximum absolute atomic E-state index is 13.1. The number of nitrogens with zero attached hydrogens (tertiary/aromatic N) is 2. The first-order valence-corrected chi connectivity index (χ1v) is 9.37. The van der Waals surface area contributed by atoms with Crippen molar-refractivity contribution < 1.29 is 19.0 Å². The Morgan fingerprint density at radius 3 is 2.52 bits per heavy atom. The first kappa shape index (κ1) is 17.6. The SMILES string of the molecule is Nc1cc(C(=O)N2C[C@@H](c3ccccc3)O[C@@H](c3ccc4c(c3)OCO4)C2)[nH]n1. The molecule has 8 heteroatoms. The van der Waals surface area contributed by atoms with Crippen molar-refractivity contribution in [2.24, 2.45) is 0 Å². The molecule has 0 unspecified atom stereocenters. The quantitative estimate of drug-likeness (QED) is 0.710. The number of fused-ring (bicyclic) bond motifs is 1. The van der Waals surface area contributed by atoms with Gasteiger partial charge in [0.25, 0.3) is 5.91 Å². The summed E-state index contributed by atoms with van der Waals surface area (Å²) in [7, 11) is 0. The van der Waals surface area contributed by atoms with E-state index in [-0.39, 0.29) is 30.7 Å². The van der Waals surface area contributed by atoms with Crippen LogP contribution in [0.4, 0.5) is 5.82 Å². The maximum Gasteiger partial charge on any atom is 0.272 e. The minimum absolute atomic E-state index is 0.163. The minimum Gasteiger partial charge on any atom is -0.454 e. The fourth-order valence-corrected chi connectivity index (χ4v) is 3.69. The van der Waals surface area contributed by atoms with Gasteiger partial charge in [-0.05, 0) is 23.3 Å². The lowest BCUT2D eigenvalue weighted by atomic mass is 10.0. The van der Waals surface area contributed by atoms with Crippen LogP contribution in [0.5, 0.6) is 11.5 Å². The second-order valence-corrected chi connectivity index (χ2v) is 7.05. The van der Waals surface area contributed by atoms with E-state index in [1.54, 1.807) is 11.0 Å². The highest BCUT2D eigenvalue weighted by Gasteiger charge is 2.34. The average molecular weight is 392 g/mol. The molecule has 3 heterocycles. The minimum atomic E-state index is -0.312. The number of rotatable bonds is 3. The fourth-order valence-electron chi connectivity index (χ4n) is 3.69. The van der Waals surface area contributed by atoms with E-state index in [2.05, 4.69) is 10.2 Å². The molecule has 8 nitrogen and oxygen atoms in total. The van der Waals surface area contributed by atoms with Crippen molar-refractivity contribution in [3.05, 3.63) is 71.4 Å². The Hall–Kier alpha value is -3.52. The molecule has 2 atom stereocenters. The number of morpholine rings is 1. The van der Waals surface area contributed by atoms with Crippen LogP contribution in [-0.2, 0) is 4.74 Å². The Morgan fingerprint density at radius 2 is 1.76 bits per heavy atom. The predicted molar refractivity (Wildman–Crippen MR) is 104 cm³/mol. The molecule has 3 aromatic rings. The van der Waals surface area contributed by atoms with E-state index in [1.807, 2.05) is 48.5 Å². The van der Waals surface area contributed by atoms with Crippen LogP contribution >= 0.6 is 0 Å². The highest BCUT2D eigenvalue weighted by atomic mass is 16.7. The lowest BCUT2D eigenvalue weighted by Crippen LogP contribution is -2.43. The van der Waals surface area contributed by atoms with Crippen molar-refractivity contribution in [2.75, 3.05) is 25.6 Å². The van der Waals surface area contributed by atoms with Gasteiger partial charge in [-0.1, -0.05) is 36.4 Å². The van der Waals surface area contributed by atoms with E-state index >= 15 is 0 Å². The topological polar surface area (TPSA) is 103 Å². The molecular formula is C21H20N4O4. The average Bonchev–Trinajstić information content (AvgIpc) is 3.41. The monoisotopic (exact) mass is 392 g/mol. The van der Waals surface area contributed by atoms with Crippen LogP contribution < -0.4 is 15.2 Å². The highest BCUT2D eigenvalue weighted by molar-refractivity contribution is 5.93. The van der Waals surface area contributed by atoms with Gasteiger partial charge in [-0.15, -0.1) is 0 Å². The molecule has 0 bridgehead atoms. The number of aromatic nitrogens is 2. The van der Waals surface area contributed by atoms with Gasteiger partial charge in [-0.3, -0.25) is 9.89 Å². The van der Waals surface area contributed by atoms with Gasteiger partial charge in [0, 0.05) is 6.07 Å². The van der Waals surface area contributed by atoms with Crippen LogP contribution in [0.2, 0.25) is 0 Å². The third kappa shape index (κ3) is 3.38. The standard InChI is InChI=1S/C21H20N4O4/c22-20-9-15(23-24-20)21(26)25-10-18(13-4-2-1-3-5-13)29-19(11-25)14-6-7-16-17(8-14)28-12-27-16/h1-9,18-19H,10-12H2,(H3,22,23,24)/t18-,19+/m0/s1. The molecule has 1 amide bonds. The molecule has 148 valence electrons. The first-order chi connectivity index (χ1) is 14.2. The van der Waals surface area contributed by atoms with Gasteiger partial charge in [0.1, 0.15) is 23.7 Å². The molecule has 29 heavy (non-hydrogen) atoms. The molecule has 1 aromatic heterocycles. The number of hydrogen-bond acceptors (Lipinski definition) is 6. The van der Waals surface area contributed by atoms with Crippen molar-refractivity contribution >= 4 is 11.7 Å². The zero-order valence-electron chi connectivity index (χ0n) is 15.6. The summed E-state index contributed by atoms with van der Waals surface area (Å²) >= 11 is 0. The molecule has 1 saturated heterocycles. The number of nitrogens with one attached hydrogen (secondary N) is 1. The summed E-state index contributed by atoms with van der Waals surface area (Å²) < 4.78 is 17.3. The predicted octanol–water partition coefficient (Wildman–Crippen LogP) is 2.68. The molecule has 2 aliphatic heterocycles. The number of nitrogen functional groups attached to an aromatic ring is 1. The Labute approximate surface area is 167 Å². The van der Waals surface area contributed by atoms with Gasteiger partial charge in [0.2, 0.25) is 6.79 Å². The van der Waals surface area contributed by atoms with E-state index in [0.29, 0.717) is 30.3 Å². The van der Waals surface area contributed by atoms with Gasteiger partial charge >= 0.3 is 0 Å². The number of nitrogens with two attached hydrogens (primary N) is 1. The molecular weight excluding hydrogens is 372 g/mol. The number of amides is 1. The Balaban J connectivity index is 1.46. The Morgan fingerprint density at radius 1 is 1.00 bits per heavy atom. The van der Waals surface area contributed by atoms with E-state index < -0.39 is 0 Å². The van der Waals surface area contributed by atoms with Crippen molar-refractivity contribution in [1.29, 1.82) is 0 Å². The number of ether oxygens (including phenoxy) is 3. The number of hydrogen-bond donors (Lipinski definition) is 2.